The summed E-state index contributed by atoms with van der Waals surface area (Å²) in [5.41, 5.74) is 2.68. The number of fused-ring (bicyclic) bond motifs is 1. The molecule has 0 atom stereocenters. The topological polar surface area (TPSA) is 99.2 Å². The standard InChI is InChI=1S/C23H22N4O4/c1-4-15-8-10-17(11-9-15)24-19(28)13-27-23(29)22-20(14(2)31-26-22)21(25-27)16-6-5-7-18(12-16)30-3/h5-12H,4,13H2,1-3H3,(H,24,28). The summed E-state index contributed by atoms with van der Waals surface area (Å²) in [6.45, 7) is 3.53. The van der Waals surface area contributed by atoms with Crippen LogP contribution in [0.15, 0.2) is 57.8 Å². The highest BCUT2D eigenvalue weighted by atomic mass is 16.5. The summed E-state index contributed by atoms with van der Waals surface area (Å²) in [7, 11) is 1.57. The molecule has 2 aromatic heterocycles. The van der Waals surface area contributed by atoms with Crippen LogP contribution in [0.2, 0.25) is 0 Å². The van der Waals surface area contributed by atoms with Crippen LogP contribution in [0.25, 0.3) is 22.2 Å². The van der Waals surface area contributed by atoms with Gasteiger partial charge in [0.2, 0.25) is 5.91 Å². The van der Waals surface area contributed by atoms with E-state index in [1.54, 1.807) is 20.1 Å². The van der Waals surface area contributed by atoms with Crippen molar-refractivity contribution in [3.8, 4) is 17.0 Å². The van der Waals surface area contributed by atoms with Gasteiger partial charge in [-0.3, -0.25) is 9.59 Å². The fraction of sp³-hybridized carbons (Fsp3) is 0.217. The van der Waals surface area contributed by atoms with E-state index in [0.29, 0.717) is 28.3 Å². The predicted octanol–water partition coefficient (Wildman–Crippen LogP) is 3.57. The summed E-state index contributed by atoms with van der Waals surface area (Å²) < 4.78 is 11.7. The van der Waals surface area contributed by atoms with Crippen molar-refractivity contribution in [3.63, 3.8) is 0 Å². The van der Waals surface area contributed by atoms with Crippen molar-refractivity contribution < 1.29 is 14.1 Å². The number of hydrogen-bond donors (Lipinski definition) is 1. The van der Waals surface area contributed by atoms with Gasteiger partial charge in [0.25, 0.3) is 5.56 Å². The monoisotopic (exact) mass is 418 g/mol. The molecule has 31 heavy (non-hydrogen) atoms. The number of amides is 1. The van der Waals surface area contributed by atoms with E-state index < -0.39 is 5.56 Å². The zero-order valence-electron chi connectivity index (χ0n) is 17.5. The third kappa shape index (κ3) is 4.05. The molecule has 2 heterocycles. The maximum atomic E-state index is 12.9. The molecule has 1 amide bonds. The molecule has 0 radical (unpaired) electrons. The summed E-state index contributed by atoms with van der Waals surface area (Å²) in [6, 6.07) is 14.9. The van der Waals surface area contributed by atoms with E-state index in [-0.39, 0.29) is 18.0 Å². The number of benzene rings is 2. The van der Waals surface area contributed by atoms with E-state index in [4.69, 9.17) is 9.26 Å². The SMILES string of the molecule is CCc1ccc(NC(=O)Cn2nc(-c3cccc(OC)c3)c3c(C)onc3c2=O)cc1. The molecule has 0 fully saturated rings. The van der Waals surface area contributed by atoms with Crippen molar-refractivity contribution in [2.24, 2.45) is 0 Å². The highest BCUT2D eigenvalue weighted by molar-refractivity contribution is 5.94. The number of anilines is 1. The molecule has 0 saturated carbocycles. The van der Waals surface area contributed by atoms with Crippen LogP contribution in [-0.2, 0) is 17.8 Å². The van der Waals surface area contributed by atoms with Gasteiger partial charge in [0, 0.05) is 11.3 Å². The summed E-state index contributed by atoms with van der Waals surface area (Å²) in [5.74, 6) is 0.757. The van der Waals surface area contributed by atoms with Crippen LogP contribution in [0.5, 0.6) is 5.75 Å². The van der Waals surface area contributed by atoms with E-state index in [1.807, 2.05) is 42.5 Å². The second kappa shape index (κ2) is 8.43. The molecule has 0 aliphatic carbocycles. The fourth-order valence-electron chi connectivity index (χ4n) is 3.38. The number of ether oxygens (including phenoxy) is 1. The smallest absolute Gasteiger partial charge is 0.297 e. The summed E-state index contributed by atoms with van der Waals surface area (Å²) >= 11 is 0. The summed E-state index contributed by atoms with van der Waals surface area (Å²) in [6.07, 6.45) is 0.914. The van der Waals surface area contributed by atoms with Crippen molar-refractivity contribution in [1.29, 1.82) is 0 Å². The first-order chi connectivity index (χ1) is 15.0. The van der Waals surface area contributed by atoms with Crippen molar-refractivity contribution in [1.82, 2.24) is 14.9 Å². The first-order valence-electron chi connectivity index (χ1n) is 9.90. The predicted molar refractivity (Wildman–Crippen MR) is 117 cm³/mol. The normalized spacial score (nSPS) is 10.9. The number of aryl methyl sites for hydroxylation is 2. The Morgan fingerprint density at radius 2 is 1.97 bits per heavy atom. The van der Waals surface area contributed by atoms with Gasteiger partial charge >= 0.3 is 0 Å². The van der Waals surface area contributed by atoms with Crippen LogP contribution in [0, 0.1) is 6.92 Å². The van der Waals surface area contributed by atoms with Gasteiger partial charge in [-0.15, -0.1) is 0 Å². The number of nitrogens with zero attached hydrogens (tertiary/aromatic N) is 3. The second-order valence-electron chi connectivity index (χ2n) is 7.10. The lowest BCUT2D eigenvalue weighted by atomic mass is 10.1. The number of nitrogens with one attached hydrogen (secondary N) is 1. The van der Waals surface area contributed by atoms with Crippen molar-refractivity contribution in [2.75, 3.05) is 12.4 Å². The average Bonchev–Trinajstić information content (AvgIpc) is 3.18. The number of carbonyl (C=O) groups excluding carboxylic acids is 1. The lowest BCUT2D eigenvalue weighted by Gasteiger charge is -2.10. The number of carbonyl (C=O) groups is 1. The minimum Gasteiger partial charge on any atom is -0.497 e. The van der Waals surface area contributed by atoms with Gasteiger partial charge in [-0.25, -0.2) is 4.68 Å². The molecule has 0 unspecified atom stereocenters. The maximum Gasteiger partial charge on any atom is 0.297 e. The van der Waals surface area contributed by atoms with Crippen molar-refractivity contribution in [2.45, 2.75) is 26.8 Å². The first-order valence-corrected chi connectivity index (χ1v) is 9.90. The number of hydrogen-bond acceptors (Lipinski definition) is 6. The van der Waals surface area contributed by atoms with E-state index in [9.17, 15) is 9.59 Å². The van der Waals surface area contributed by atoms with Gasteiger partial charge in [0.05, 0.1) is 12.5 Å². The summed E-state index contributed by atoms with van der Waals surface area (Å²) in [4.78, 5) is 25.5. The highest BCUT2D eigenvalue weighted by Crippen LogP contribution is 2.29. The van der Waals surface area contributed by atoms with Gasteiger partial charge in [0.15, 0.2) is 5.52 Å². The highest BCUT2D eigenvalue weighted by Gasteiger charge is 2.20. The molecule has 0 spiro atoms. The van der Waals surface area contributed by atoms with E-state index in [1.165, 1.54) is 5.56 Å². The lowest BCUT2D eigenvalue weighted by molar-refractivity contribution is -0.117. The molecule has 0 aliphatic heterocycles. The van der Waals surface area contributed by atoms with Gasteiger partial charge in [-0.1, -0.05) is 36.3 Å². The van der Waals surface area contributed by atoms with Crippen LogP contribution in [0.1, 0.15) is 18.2 Å². The Bertz CT molecular complexity index is 1310. The quantitative estimate of drug-likeness (QED) is 0.514. The second-order valence-corrected chi connectivity index (χ2v) is 7.10. The summed E-state index contributed by atoms with van der Waals surface area (Å²) in [5, 5.41) is 11.7. The average molecular weight is 418 g/mol. The van der Waals surface area contributed by atoms with E-state index in [0.717, 1.165) is 16.7 Å². The largest absolute Gasteiger partial charge is 0.497 e. The van der Waals surface area contributed by atoms with Crippen LogP contribution in [0.4, 0.5) is 5.69 Å². The van der Waals surface area contributed by atoms with Crippen LogP contribution in [0.3, 0.4) is 0 Å². The third-order valence-electron chi connectivity index (χ3n) is 5.04. The number of rotatable bonds is 6. The zero-order chi connectivity index (χ0) is 22.0. The molecule has 1 N–H and O–H groups in total. The Morgan fingerprint density at radius 3 is 2.68 bits per heavy atom. The third-order valence-corrected chi connectivity index (χ3v) is 5.04. The van der Waals surface area contributed by atoms with E-state index in [2.05, 4.69) is 22.5 Å². The zero-order valence-corrected chi connectivity index (χ0v) is 17.5. The molecule has 8 nitrogen and oxygen atoms in total. The molecule has 0 aliphatic rings. The molecule has 158 valence electrons. The van der Waals surface area contributed by atoms with Crippen molar-refractivity contribution in [3.05, 3.63) is 70.2 Å². The molecular weight excluding hydrogens is 396 g/mol. The van der Waals surface area contributed by atoms with Crippen molar-refractivity contribution >= 4 is 22.5 Å². The number of methoxy groups -OCH3 is 1. The van der Waals surface area contributed by atoms with Crippen LogP contribution in [-0.4, -0.2) is 28.0 Å². The van der Waals surface area contributed by atoms with E-state index >= 15 is 0 Å². The molecule has 4 aromatic rings. The number of aromatic nitrogens is 3. The molecular formula is C23H22N4O4. The van der Waals surface area contributed by atoms with Gasteiger partial charge in [-0.05, 0) is 43.2 Å². The molecule has 0 saturated heterocycles. The Labute approximate surface area is 178 Å². The fourth-order valence-corrected chi connectivity index (χ4v) is 3.38. The molecule has 2 aromatic carbocycles. The minimum atomic E-state index is -0.491. The Morgan fingerprint density at radius 1 is 1.19 bits per heavy atom. The van der Waals surface area contributed by atoms with Gasteiger partial charge in [0.1, 0.15) is 23.7 Å². The maximum absolute atomic E-state index is 12.9. The molecule has 0 bridgehead atoms. The van der Waals surface area contributed by atoms with Crippen LogP contribution >= 0.6 is 0 Å². The Kier molecular flexibility index (Phi) is 5.53. The lowest BCUT2D eigenvalue weighted by Crippen LogP contribution is -2.30. The molecule has 8 heteroatoms. The molecule has 4 rings (SSSR count). The van der Waals surface area contributed by atoms with Gasteiger partial charge in [-0.2, -0.15) is 5.10 Å². The first kappa shape index (κ1) is 20.3. The Balaban J connectivity index is 1.71. The Hall–Kier alpha value is -3.94. The minimum absolute atomic E-state index is 0.130. The van der Waals surface area contributed by atoms with Gasteiger partial charge < -0.3 is 14.6 Å². The van der Waals surface area contributed by atoms with Crippen LogP contribution < -0.4 is 15.6 Å².